The van der Waals surface area contributed by atoms with Crippen molar-refractivity contribution in [1.29, 1.82) is 0 Å². The minimum atomic E-state index is -0.554. The van der Waals surface area contributed by atoms with Gasteiger partial charge in [-0.3, -0.25) is 4.79 Å². The van der Waals surface area contributed by atoms with Crippen LogP contribution in [0.3, 0.4) is 0 Å². The number of hydrogen-bond acceptors (Lipinski definition) is 6. The Bertz CT molecular complexity index is 1550. The van der Waals surface area contributed by atoms with Crippen LogP contribution in [-0.4, -0.2) is 35.0 Å². The van der Waals surface area contributed by atoms with E-state index in [1.807, 2.05) is 85.1 Å². The predicted octanol–water partition coefficient (Wildman–Crippen LogP) is 6.42. The van der Waals surface area contributed by atoms with Gasteiger partial charge >= 0.3 is 5.97 Å². The first kappa shape index (κ1) is 23.5. The summed E-state index contributed by atoms with van der Waals surface area (Å²) in [4.78, 5) is 30.7. The van der Waals surface area contributed by atoms with Crippen LogP contribution < -0.4 is 4.74 Å². The molecule has 36 heavy (non-hydrogen) atoms. The summed E-state index contributed by atoms with van der Waals surface area (Å²) in [5.74, 6) is -0.0496. The molecule has 5 rings (SSSR count). The zero-order valence-electron chi connectivity index (χ0n) is 20.1. The maximum atomic E-state index is 13.1. The minimum Gasteiger partial charge on any atom is -0.497 e. The van der Waals surface area contributed by atoms with Gasteiger partial charge in [0.25, 0.3) is 0 Å². The monoisotopic (exact) mass is 496 g/mol. The minimum absolute atomic E-state index is 0.256. The van der Waals surface area contributed by atoms with Crippen LogP contribution in [0.1, 0.15) is 32.1 Å². The van der Waals surface area contributed by atoms with Gasteiger partial charge in [-0.1, -0.05) is 30.3 Å². The van der Waals surface area contributed by atoms with Crippen molar-refractivity contribution in [2.24, 2.45) is 0 Å². The molecule has 7 heteroatoms. The molecule has 0 aliphatic heterocycles. The highest BCUT2D eigenvalue weighted by atomic mass is 32.1. The molecule has 6 nitrogen and oxygen atoms in total. The second-order valence-electron chi connectivity index (χ2n) is 8.35. The quantitative estimate of drug-likeness (QED) is 0.192. The first-order valence-electron chi connectivity index (χ1n) is 11.4. The van der Waals surface area contributed by atoms with E-state index in [2.05, 4.69) is 4.98 Å². The van der Waals surface area contributed by atoms with Crippen molar-refractivity contribution in [3.05, 3.63) is 101 Å². The van der Waals surface area contributed by atoms with Gasteiger partial charge in [-0.15, -0.1) is 11.3 Å². The third kappa shape index (κ3) is 4.41. The number of thiazole rings is 1. The van der Waals surface area contributed by atoms with Crippen LogP contribution in [0.4, 0.5) is 0 Å². The standard InChI is InChI=1S/C29H24N2O4S/c1-18-16-24(19(2)31(18)20-12-14-21(34-3)15-13-20)26(32)17-35-29(33)23-9-5-4-8-22(23)28-30-25-10-6-7-11-27(25)36-28/h4-16H,17H2,1-3H3. The first-order valence-corrected chi connectivity index (χ1v) is 12.3. The number of aromatic nitrogens is 2. The number of benzene rings is 3. The molecule has 0 radical (unpaired) electrons. The molecule has 0 amide bonds. The van der Waals surface area contributed by atoms with Crippen molar-refractivity contribution in [2.75, 3.05) is 13.7 Å². The van der Waals surface area contributed by atoms with E-state index in [1.54, 1.807) is 19.2 Å². The maximum absolute atomic E-state index is 13.1. The van der Waals surface area contributed by atoms with E-state index >= 15 is 0 Å². The Balaban J connectivity index is 1.35. The highest BCUT2D eigenvalue weighted by molar-refractivity contribution is 7.21. The summed E-state index contributed by atoms with van der Waals surface area (Å²) in [6, 6.07) is 24.5. The molecule has 2 aromatic heterocycles. The summed E-state index contributed by atoms with van der Waals surface area (Å²) in [6.07, 6.45) is 0. The van der Waals surface area contributed by atoms with Gasteiger partial charge in [-0.2, -0.15) is 0 Å². The Morgan fingerprint density at radius 2 is 1.64 bits per heavy atom. The molecule has 180 valence electrons. The van der Waals surface area contributed by atoms with E-state index in [1.165, 1.54) is 11.3 Å². The first-order chi connectivity index (χ1) is 17.5. The van der Waals surface area contributed by atoms with E-state index in [0.717, 1.165) is 38.0 Å². The predicted molar refractivity (Wildman–Crippen MR) is 141 cm³/mol. The smallest absolute Gasteiger partial charge is 0.339 e. The number of carbonyl (C=O) groups is 2. The van der Waals surface area contributed by atoms with Crippen LogP contribution in [0, 0.1) is 13.8 Å². The van der Waals surface area contributed by atoms with Crippen LogP contribution in [0.25, 0.3) is 26.5 Å². The Morgan fingerprint density at radius 1 is 0.917 bits per heavy atom. The van der Waals surface area contributed by atoms with E-state index < -0.39 is 5.97 Å². The molecule has 0 aliphatic carbocycles. The van der Waals surface area contributed by atoms with Gasteiger partial charge in [0.2, 0.25) is 5.78 Å². The number of Topliss-reactive ketones (excluding diaryl/α,β-unsaturated/α-hetero) is 1. The summed E-state index contributed by atoms with van der Waals surface area (Å²) in [7, 11) is 1.62. The number of fused-ring (bicyclic) bond motifs is 1. The fourth-order valence-corrected chi connectivity index (χ4v) is 5.30. The number of ether oxygens (including phenoxy) is 2. The van der Waals surface area contributed by atoms with Crippen LogP contribution in [0.5, 0.6) is 5.75 Å². The fourth-order valence-electron chi connectivity index (χ4n) is 4.30. The van der Waals surface area contributed by atoms with Crippen molar-refractivity contribution >= 4 is 33.3 Å². The van der Waals surface area contributed by atoms with Crippen LogP contribution in [0.15, 0.2) is 78.9 Å². The lowest BCUT2D eigenvalue weighted by Gasteiger charge is -2.11. The van der Waals surface area contributed by atoms with E-state index in [-0.39, 0.29) is 12.4 Å². The third-order valence-electron chi connectivity index (χ3n) is 6.07. The largest absolute Gasteiger partial charge is 0.497 e. The van der Waals surface area contributed by atoms with Gasteiger partial charge in [0.1, 0.15) is 10.8 Å². The molecular weight excluding hydrogens is 472 g/mol. The van der Waals surface area contributed by atoms with Gasteiger partial charge in [-0.25, -0.2) is 9.78 Å². The van der Waals surface area contributed by atoms with Gasteiger partial charge in [-0.05, 0) is 62.4 Å². The van der Waals surface area contributed by atoms with E-state index in [4.69, 9.17) is 9.47 Å². The van der Waals surface area contributed by atoms with Crippen molar-refractivity contribution < 1.29 is 19.1 Å². The summed E-state index contributed by atoms with van der Waals surface area (Å²) in [5.41, 5.74) is 5.09. The van der Waals surface area contributed by atoms with Gasteiger partial charge < -0.3 is 14.0 Å². The van der Waals surface area contributed by atoms with Crippen LogP contribution in [-0.2, 0) is 4.74 Å². The molecule has 2 heterocycles. The molecule has 0 spiro atoms. The number of aryl methyl sites for hydroxylation is 1. The van der Waals surface area contributed by atoms with Gasteiger partial charge in [0.15, 0.2) is 6.61 Å². The van der Waals surface area contributed by atoms with Gasteiger partial charge in [0.05, 0.1) is 22.9 Å². The van der Waals surface area contributed by atoms with E-state index in [0.29, 0.717) is 16.7 Å². The van der Waals surface area contributed by atoms with Crippen molar-refractivity contribution in [1.82, 2.24) is 9.55 Å². The second-order valence-corrected chi connectivity index (χ2v) is 9.38. The number of esters is 1. The highest BCUT2D eigenvalue weighted by Crippen LogP contribution is 2.32. The summed E-state index contributed by atoms with van der Waals surface area (Å²) in [6.45, 7) is 3.48. The fraction of sp³-hybridized carbons (Fsp3) is 0.138. The number of para-hydroxylation sites is 1. The zero-order valence-corrected chi connectivity index (χ0v) is 21.0. The van der Waals surface area contributed by atoms with Crippen LogP contribution >= 0.6 is 11.3 Å². The molecule has 0 N–H and O–H groups in total. The molecule has 5 aromatic rings. The number of ketones is 1. The normalized spacial score (nSPS) is 11.0. The van der Waals surface area contributed by atoms with Crippen LogP contribution in [0.2, 0.25) is 0 Å². The number of methoxy groups -OCH3 is 1. The topological polar surface area (TPSA) is 70.4 Å². The van der Waals surface area contributed by atoms with Crippen molar-refractivity contribution in [3.63, 3.8) is 0 Å². The molecule has 0 aliphatic rings. The molecule has 0 fully saturated rings. The van der Waals surface area contributed by atoms with E-state index in [9.17, 15) is 9.59 Å². The average Bonchev–Trinajstić information content (AvgIpc) is 3.47. The summed E-state index contributed by atoms with van der Waals surface area (Å²) in [5, 5.41) is 0.734. The molecular formula is C29H24N2O4S. The molecule has 0 saturated heterocycles. The van der Waals surface area contributed by atoms with Crippen molar-refractivity contribution in [3.8, 4) is 22.0 Å². The average molecular weight is 497 g/mol. The lowest BCUT2D eigenvalue weighted by atomic mass is 10.1. The third-order valence-corrected chi connectivity index (χ3v) is 7.14. The number of hydrogen-bond donors (Lipinski definition) is 0. The summed E-state index contributed by atoms with van der Waals surface area (Å²) < 4.78 is 13.8. The van der Waals surface area contributed by atoms with Crippen molar-refractivity contribution in [2.45, 2.75) is 13.8 Å². The second kappa shape index (κ2) is 9.79. The number of rotatable bonds is 7. The molecule has 0 atom stereocenters. The Labute approximate surface area is 212 Å². The Hall–Kier alpha value is -4.23. The van der Waals surface area contributed by atoms with Gasteiger partial charge in [0, 0.05) is 28.2 Å². The molecule has 3 aromatic carbocycles. The SMILES string of the molecule is COc1ccc(-n2c(C)cc(C(=O)COC(=O)c3ccccc3-c3nc4ccccc4s3)c2C)cc1. The molecule has 0 bridgehead atoms. The summed E-state index contributed by atoms with van der Waals surface area (Å²) >= 11 is 1.51. The number of nitrogens with zero attached hydrogens (tertiary/aromatic N) is 2. The lowest BCUT2D eigenvalue weighted by Crippen LogP contribution is -2.15. The number of carbonyl (C=O) groups excluding carboxylic acids is 2. The maximum Gasteiger partial charge on any atom is 0.339 e. The molecule has 0 unspecified atom stereocenters. The Kier molecular flexibility index (Phi) is 6.40. The lowest BCUT2D eigenvalue weighted by molar-refractivity contribution is 0.0475. The highest BCUT2D eigenvalue weighted by Gasteiger charge is 2.21. The Morgan fingerprint density at radius 3 is 2.39 bits per heavy atom. The molecule has 0 saturated carbocycles. The zero-order chi connectivity index (χ0) is 25.2.